The van der Waals surface area contributed by atoms with E-state index in [0.29, 0.717) is 12.5 Å². The average molecular weight is 363 g/mol. The Balaban J connectivity index is 1.61. The summed E-state index contributed by atoms with van der Waals surface area (Å²) < 4.78 is 19.1. The maximum atomic E-state index is 13.3. The van der Waals surface area contributed by atoms with Crippen LogP contribution in [0.1, 0.15) is 37.3 Å². The van der Waals surface area contributed by atoms with Crippen molar-refractivity contribution >= 4 is 6.03 Å². The van der Waals surface area contributed by atoms with Crippen LogP contribution in [0.3, 0.4) is 0 Å². The number of urea groups is 1. The van der Waals surface area contributed by atoms with Crippen molar-refractivity contribution in [2.75, 3.05) is 40.3 Å². The van der Waals surface area contributed by atoms with Gasteiger partial charge in [-0.1, -0.05) is 12.1 Å². The molecule has 2 fully saturated rings. The number of hydrogen-bond donors (Lipinski definition) is 1. The fourth-order valence-electron chi connectivity index (χ4n) is 3.88. The van der Waals surface area contributed by atoms with Crippen LogP contribution in [-0.2, 0) is 4.74 Å². The summed E-state index contributed by atoms with van der Waals surface area (Å²) in [5.41, 5.74) is 0.888. The standard InChI is InChI=1S/C20H30FN3O2/c1-23-11-9-15(10-12-23)14-24(2)20(25)22-19(18-4-3-13-26-18)16-5-7-17(21)8-6-16/h5-8,15,18-19H,3-4,9-14H2,1-2H3,(H,22,25). The Morgan fingerprint density at radius 3 is 2.62 bits per heavy atom. The van der Waals surface area contributed by atoms with Gasteiger partial charge in [0.2, 0.25) is 0 Å². The quantitative estimate of drug-likeness (QED) is 0.875. The van der Waals surface area contributed by atoms with Crippen LogP contribution in [0.25, 0.3) is 0 Å². The first-order valence-electron chi connectivity index (χ1n) is 9.60. The number of rotatable bonds is 5. The molecule has 2 atom stereocenters. The second kappa shape index (κ2) is 8.82. The minimum absolute atomic E-state index is 0.0545. The summed E-state index contributed by atoms with van der Waals surface area (Å²) in [6.07, 6.45) is 4.09. The molecule has 3 rings (SSSR count). The van der Waals surface area contributed by atoms with E-state index in [1.165, 1.54) is 12.1 Å². The number of benzene rings is 1. The van der Waals surface area contributed by atoms with Gasteiger partial charge in [-0.2, -0.15) is 0 Å². The highest BCUT2D eigenvalue weighted by atomic mass is 19.1. The lowest BCUT2D eigenvalue weighted by Crippen LogP contribution is -2.45. The van der Waals surface area contributed by atoms with Crippen LogP contribution < -0.4 is 5.32 Å². The molecule has 0 bridgehead atoms. The molecule has 0 aliphatic carbocycles. The van der Waals surface area contributed by atoms with E-state index in [-0.39, 0.29) is 24.0 Å². The van der Waals surface area contributed by atoms with E-state index in [0.717, 1.165) is 50.9 Å². The summed E-state index contributed by atoms with van der Waals surface area (Å²) in [4.78, 5) is 16.9. The number of piperidine rings is 1. The number of carbonyl (C=O) groups is 1. The van der Waals surface area contributed by atoms with Gasteiger partial charge in [-0.25, -0.2) is 9.18 Å². The summed E-state index contributed by atoms with van der Waals surface area (Å²) in [5.74, 6) is 0.277. The van der Waals surface area contributed by atoms with Crippen molar-refractivity contribution in [1.29, 1.82) is 0 Å². The molecular weight excluding hydrogens is 333 g/mol. The fraction of sp³-hybridized carbons (Fsp3) is 0.650. The summed E-state index contributed by atoms with van der Waals surface area (Å²) in [5, 5.41) is 3.12. The van der Waals surface area contributed by atoms with Crippen molar-refractivity contribution in [3.63, 3.8) is 0 Å². The van der Waals surface area contributed by atoms with E-state index in [2.05, 4.69) is 17.3 Å². The molecule has 2 heterocycles. The van der Waals surface area contributed by atoms with E-state index in [9.17, 15) is 9.18 Å². The first-order chi connectivity index (χ1) is 12.5. The van der Waals surface area contributed by atoms with Gasteiger partial charge in [-0.15, -0.1) is 0 Å². The largest absolute Gasteiger partial charge is 0.376 e. The number of amides is 2. The number of nitrogens with one attached hydrogen (secondary N) is 1. The Morgan fingerprint density at radius 1 is 1.31 bits per heavy atom. The zero-order valence-electron chi connectivity index (χ0n) is 15.8. The third kappa shape index (κ3) is 4.95. The normalized spacial score (nSPS) is 23.0. The Kier molecular flexibility index (Phi) is 6.48. The summed E-state index contributed by atoms with van der Waals surface area (Å²) >= 11 is 0. The average Bonchev–Trinajstić information content (AvgIpc) is 3.16. The molecule has 0 spiro atoms. The van der Waals surface area contributed by atoms with Crippen molar-refractivity contribution in [1.82, 2.24) is 15.1 Å². The molecule has 2 unspecified atom stereocenters. The molecule has 1 aromatic carbocycles. The molecule has 144 valence electrons. The van der Waals surface area contributed by atoms with E-state index in [1.807, 2.05) is 7.05 Å². The minimum atomic E-state index is -0.273. The highest BCUT2D eigenvalue weighted by molar-refractivity contribution is 5.74. The second-order valence-corrected chi connectivity index (χ2v) is 7.66. The Bertz CT molecular complexity index is 581. The molecule has 2 aliphatic rings. The lowest BCUT2D eigenvalue weighted by atomic mass is 9.96. The van der Waals surface area contributed by atoms with Crippen molar-refractivity contribution in [3.8, 4) is 0 Å². The third-order valence-corrected chi connectivity index (χ3v) is 5.56. The second-order valence-electron chi connectivity index (χ2n) is 7.66. The smallest absolute Gasteiger partial charge is 0.317 e. The molecule has 2 amide bonds. The molecule has 2 aliphatic heterocycles. The zero-order chi connectivity index (χ0) is 18.5. The van der Waals surface area contributed by atoms with E-state index < -0.39 is 0 Å². The van der Waals surface area contributed by atoms with Crippen LogP contribution in [-0.4, -0.2) is 62.3 Å². The number of ether oxygens (including phenoxy) is 1. The van der Waals surface area contributed by atoms with Gasteiger partial charge >= 0.3 is 6.03 Å². The van der Waals surface area contributed by atoms with E-state index >= 15 is 0 Å². The molecule has 26 heavy (non-hydrogen) atoms. The SMILES string of the molecule is CN1CCC(CN(C)C(=O)NC(c2ccc(F)cc2)C2CCCO2)CC1. The highest BCUT2D eigenvalue weighted by Crippen LogP contribution is 2.27. The Hall–Kier alpha value is -1.66. The minimum Gasteiger partial charge on any atom is -0.376 e. The first-order valence-corrected chi connectivity index (χ1v) is 9.60. The van der Waals surface area contributed by atoms with Gasteiger partial charge in [-0.05, 0) is 69.4 Å². The number of likely N-dealkylation sites (tertiary alicyclic amines) is 1. The fourth-order valence-corrected chi connectivity index (χ4v) is 3.88. The predicted octanol–water partition coefficient (Wildman–Crippen LogP) is 3.03. The van der Waals surface area contributed by atoms with Gasteiger partial charge in [0.05, 0.1) is 12.1 Å². The molecule has 1 N–H and O–H groups in total. The van der Waals surface area contributed by atoms with Crippen LogP contribution in [0, 0.1) is 11.7 Å². The van der Waals surface area contributed by atoms with Gasteiger partial charge in [-0.3, -0.25) is 0 Å². The topological polar surface area (TPSA) is 44.8 Å². The number of halogens is 1. The summed E-state index contributed by atoms with van der Waals surface area (Å²) in [7, 11) is 3.99. The van der Waals surface area contributed by atoms with Crippen molar-refractivity contribution < 1.29 is 13.9 Å². The van der Waals surface area contributed by atoms with Gasteiger partial charge in [0.15, 0.2) is 0 Å². The zero-order valence-corrected chi connectivity index (χ0v) is 15.8. The van der Waals surface area contributed by atoms with Gasteiger partial charge in [0.1, 0.15) is 5.82 Å². The van der Waals surface area contributed by atoms with Gasteiger partial charge < -0.3 is 19.9 Å². The van der Waals surface area contributed by atoms with Crippen LogP contribution >= 0.6 is 0 Å². The van der Waals surface area contributed by atoms with Gasteiger partial charge in [0.25, 0.3) is 0 Å². The van der Waals surface area contributed by atoms with Crippen LogP contribution in [0.2, 0.25) is 0 Å². The molecule has 1 aromatic rings. The lowest BCUT2D eigenvalue weighted by molar-refractivity contribution is 0.0777. The summed E-state index contributed by atoms with van der Waals surface area (Å²) in [6.45, 7) is 3.66. The van der Waals surface area contributed by atoms with Crippen molar-refractivity contribution in [3.05, 3.63) is 35.6 Å². The molecule has 0 aromatic heterocycles. The summed E-state index contributed by atoms with van der Waals surface area (Å²) in [6, 6.07) is 6.01. The lowest BCUT2D eigenvalue weighted by Gasteiger charge is -2.33. The molecule has 0 saturated carbocycles. The number of hydrogen-bond acceptors (Lipinski definition) is 3. The number of nitrogens with zero attached hydrogens (tertiary/aromatic N) is 2. The maximum absolute atomic E-state index is 13.3. The van der Waals surface area contributed by atoms with Crippen LogP contribution in [0.4, 0.5) is 9.18 Å². The third-order valence-electron chi connectivity index (χ3n) is 5.56. The molecule has 0 radical (unpaired) electrons. The molecule has 2 saturated heterocycles. The predicted molar refractivity (Wildman–Crippen MR) is 99.5 cm³/mol. The molecule has 5 nitrogen and oxygen atoms in total. The van der Waals surface area contributed by atoms with Crippen LogP contribution in [0.15, 0.2) is 24.3 Å². The monoisotopic (exact) mass is 363 g/mol. The number of carbonyl (C=O) groups excluding carboxylic acids is 1. The van der Waals surface area contributed by atoms with Crippen molar-refractivity contribution in [2.45, 2.75) is 37.8 Å². The van der Waals surface area contributed by atoms with Gasteiger partial charge in [0, 0.05) is 20.2 Å². The highest BCUT2D eigenvalue weighted by Gasteiger charge is 2.30. The van der Waals surface area contributed by atoms with E-state index in [1.54, 1.807) is 17.0 Å². The Labute approximate surface area is 155 Å². The Morgan fingerprint density at radius 2 is 2.00 bits per heavy atom. The first kappa shape index (κ1) is 19.1. The maximum Gasteiger partial charge on any atom is 0.317 e. The molecule has 6 heteroatoms. The molecular formula is C20H30FN3O2. The van der Waals surface area contributed by atoms with E-state index in [4.69, 9.17) is 4.74 Å². The van der Waals surface area contributed by atoms with Crippen molar-refractivity contribution in [2.24, 2.45) is 5.92 Å². The van der Waals surface area contributed by atoms with Crippen LogP contribution in [0.5, 0.6) is 0 Å².